The molecule has 0 aliphatic carbocycles. The Labute approximate surface area is 90.7 Å². The number of nitrogens with one attached hydrogen (secondary N) is 1. The van der Waals surface area contributed by atoms with Crippen LogP contribution in [0.15, 0.2) is 24.3 Å². The standard InChI is InChI=1S/C13H18FN/c1-2-13(9-5-6-10-15-13)11-7-3-4-8-12(11)14/h3-4,7-8,15H,2,5-6,9-10H2,1H3. The summed E-state index contributed by atoms with van der Waals surface area (Å²) in [7, 11) is 0. The molecule has 1 aromatic carbocycles. The van der Waals surface area contributed by atoms with E-state index in [1.54, 1.807) is 12.1 Å². The largest absolute Gasteiger partial charge is 0.307 e. The van der Waals surface area contributed by atoms with Gasteiger partial charge in [0.1, 0.15) is 5.82 Å². The molecule has 15 heavy (non-hydrogen) atoms. The van der Waals surface area contributed by atoms with Gasteiger partial charge in [0.2, 0.25) is 0 Å². The molecule has 0 spiro atoms. The predicted octanol–water partition coefficient (Wildman–Crippen LogP) is 3.20. The summed E-state index contributed by atoms with van der Waals surface area (Å²) in [6.45, 7) is 3.13. The third kappa shape index (κ3) is 1.91. The Kier molecular flexibility index (Phi) is 3.06. The first-order valence-electron chi connectivity index (χ1n) is 5.78. The van der Waals surface area contributed by atoms with Crippen LogP contribution in [-0.4, -0.2) is 6.54 Å². The highest BCUT2D eigenvalue weighted by atomic mass is 19.1. The fourth-order valence-corrected chi connectivity index (χ4v) is 2.54. The lowest BCUT2D eigenvalue weighted by Gasteiger charge is -2.38. The van der Waals surface area contributed by atoms with Crippen molar-refractivity contribution < 1.29 is 4.39 Å². The van der Waals surface area contributed by atoms with Crippen molar-refractivity contribution in [3.8, 4) is 0 Å². The smallest absolute Gasteiger partial charge is 0.128 e. The molecule has 82 valence electrons. The SMILES string of the molecule is CCC1(c2ccccc2F)CCCCN1. The molecule has 0 amide bonds. The second kappa shape index (κ2) is 4.31. The Hall–Kier alpha value is -0.890. The van der Waals surface area contributed by atoms with E-state index in [2.05, 4.69) is 12.2 Å². The zero-order valence-corrected chi connectivity index (χ0v) is 9.22. The zero-order valence-electron chi connectivity index (χ0n) is 9.22. The summed E-state index contributed by atoms with van der Waals surface area (Å²) in [5.74, 6) is -0.0752. The van der Waals surface area contributed by atoms with E-state index in [-0.39, 0.29) is 11.4 Å². The molecule has 0 saturated carbocycles. The van der Waals surface area contributed by atoms with Crippen molar-refractivity contribution in [3.63, 3.8) is 0 Å². The van der Waals surface area contributed by atoms with Gasteiger partial charge in [-0.15, -0.1) is 0 Å². The Morgan fingerprint density at radius 1 is 1.33 bits per heavy atom. The molecule has 1 aliphatic heterocycles. The summed E-state index contributed by atoms with van der Waals surface area (Å²) >= 11 is 0. The van der Waals surface area contributed by atoms with Gasteiger partial charge in [-0.25, -0.2) is 4.39 Å². The lowest BCUT2D eigenvalue weighted by molar-refractivity contribution is 0.241. The maximum atomic E-state index is 13.8. The zero-order chi connectivity index (χ0) is 10.7. The fraction of sp³-hybridized carbons (Fsp3) is 0.538. The Morgan fingerprint density at radius 3 is 2.73 bits per heavy atom. The number of halogens is 1. The van der Waals surface area contributed by atoms with Gasteiger partial charge < -0.3 is 5.32 Å². The molecule has 0 aromatic heterocycles. The first-order valence-corrected chi connectivity index (χ1v) is 5.78. The monoisotopic (exact) mass is 207 g/mol. The van der Waals surface area contributed by atoms with Gasteiger partial charge >= 0.3 is 0 Å². The van der Waals surface area contributed by atoms with Gasteiger partial charge in [0.25, 0.3) is 0 Å². The van der Waals surface area contributed by atoms with Crippen molar-refractivity contribution in [2.75, 3.05) is 6.54 Å². The van der Waals surface area contributed by atoms with Crippen molar-refractivity contribution >= 4 is 0 Å². The number of benzene rings is 1. The van der Waals surface area contributed by atoms with Crippen molar-refractivity contribution in [1.82, 2.24) is 5.32 Å². The topological polar surface area (TPSA) is 12.0 Å². The van der Waals surface area contributed by atoms with Gasteiger partial charge in [-0.2, -0.15) is 0 Å². The molecule has 1 fully saturated rings. The number of hydrogen-bond donors (Lipinski definition) is 1. The lowest BCUT2D eigenvalue weighted by atomic mass is 9.80. The number of piperidine rings is 1. The summed E-state index contributed by atoms with van der Waals surface area (Å²) in [5, 5.41) is 3.50. The van der Waals surface area contributed by atoms with Crippen molar-refractivity contribution in [2.24, 2.45) is 0 Å². The summed E-state index contributed by atoms with van der Waals surface area (Å²) < 4.78 is 13.8. The van der Waals surface area contributed by atoms with Crippen molar-refractivity contribution in [2.45, 2.75) is 38.1 Å². The van der Waals surface area contributed by atoms with Crippen LogP contribution in [0.5, 0.6) is 0 Å². The van der Waals surface area contributed by atoms with Crippen molar-refractivity contribution in [1.29, 1.82) is 0 Å². The van der Waals surface area contributed by atoms with E-state index in [1.165, 1.54) is 12.8 Å². The van der Waals surface area contributed by atoms with E-state index >= 15 is 0 Å². The van der Waals surface area contributed by atoms with E-state index in [0.29, 0.717) is 0 Å². The molecule has 1 atom stereocenters. The van der Waals surface area contributed by atoms with Crippen LogP contribution in [0, 0.1) is 5.82 Å². The average Bonchev–Trinajstić information content (AvgIpc) is 2.30. The van der Waals surface area contributed by atoms with E-state index in [1.807, 2.05) is 12.1 Å². The summed E-state index contributed by atoms with van der Waals surface area (Å²) in [5.41, 5.74) is 0.719. The molecule has 1 saturated heterocycles. The summed E-state index contributed by atoms with van der Waals surface area (Å²) in [4.78, 5) is 0. The number of rotatable bonds is 2. The third-order valence-electron chi connectivity index (χ3n) is 3.49. The van der Waals surface area contributed by atoms with Crippen molar-refractivity contribution in [3.05, 3.63) is 35.6 Å². The predicted molar refractivity (Wildman–Crippen MR) is 60.2 cm³/mol. The normalized spacial score (nSPS) is 26.5. The summed E-state index contributed by atoms with van der Waals surface area (Å²) in [6.07, 6.45) is 4.39. The van der Waals surface area contributed by atoms with Gasteiger partial charge in [-0.3, -0.25) is 0 Å². The molecule has 0 radical (unpaired) electrons. The maximum absolute atomic E-state index is 13.8. The van der Waals surface area contributed by atoms with Gasteiger partial charge in [-0.1, -0.05) is 31.5 Å². The van der Waals surface area contributed by atoms with Crippen LogP contribution in [0.3, 0.4) is 0 Å². The van der Waals surface area contributed by atoms with E-state index < -0.39 is 0 Å². The molecule has 0 bridgehead atoms. The maximum Gasteiger partial charge on any atom is 0.128 e. The molecule has 1 aromatic rings. The van der Waals surface area contributed by atoms with E-state index in [9.17, 15) is 4.39 Å². The van der Waals surface area contributed by atoms with E-state index in [4.69, 9.17) is 0 Å². The minimum Gasteiger partial charge on any atom is -0.307 e. The van der Waals surface area contributed by atoms with Gasteiger partial charge in [0.15, 0.2) is 0 Å². The molecule has 1 heterocycles. The molecule has 1 aliphatic rings. The third-order valence-corrected chi connectivity index (χ3v) is 3.49. The Balaban J connectivity index is 2.36. The fourth-order valence-electron chi connectivity index (χ4n) is 2.54. The molecule has 1 nitrogen and oxygen atoms in total. The van der Waals surface area contributed by atoms with Crippen LogP contribution < -0.4 is 5.32 Å². The molecular weight excluding hydrogens is 189 g/mol. The Bertz CT molecular complexity index is 329. The molecule has 2 heteroatoms. The van der Waals surface area contributed by atoms with Crippen LogP contribution in [0.1, 0.15) is 38.2 Å². The highest BCUT2D eigenvalue weighted by molar-refractivity contribution is 5.26. The van der Waals surface area contributed by atoms with Crippen LogP contribution in [0.4, 0.5) is 4.39 Å². The van der Waals surface area contributed by atoms with Crippen LogP contribution >= 0.6 is 0 Å². The minimum absolute atomic E-state index is 0.0752. The average molecular weight is 207 g/mol. The van der Waals surface area contributed by atoms with Gasteiger partial charge in [0, 0.05) is 11.1 Å². The Morgan fingerprint density at radius 2 is 2.13 bits per heavy atom. The van der Waals surface area contributed by atoms with Crippen LogP contribution in [0.25, 0.3) is 0 Å². The second-order valence-electron chi connectivity index (χ2n) is 4.30. The van der Waals surface area contributed by atoms with Crippen LogP contribution in [0.2, 0.25) is 0 Å². The molecule has 1 N–H and O–H groups in total. The van der Waals surface area contributed by atoms with Gasteiger partial charge in [0.05, 0.1) is 0 Å². The number of hydrogen-bond acceptors (Lipinski definition) is 1. The molecule has 1 unspecified atom stereocenters. The van der Waals surface area contributed by atoms with Gasteiger partial charge in [-0.05, 0) is 31.9 Å². The quantitative estimate of drug-likeness (QED) is 0.785. The highest BCUT2D eigenvalue weighted by Gasteiger charge is 2.33. The van der Waals surface area contributed by atoms with E-state index in [0.717, 1.165) is 24.9 Å². The first kappa shape index (κ1) is 10.6. The second-order valence-corrected chi connectivity index (χ2v) is 4.30. The molecular formula is C13H18FN. The van der Waals surface area contributed by atoms with Crippen LogP contribution in [-0.2, 0) is 5.54 Å². The lowest BCUT2D eigenvalue weighted by Crippen LogP contribution is -2.45. The molecule has 2 rings (SSSR count). The minimum atomic E-state index is -0.121. The summed E-state index contributed by atoms with van der Waals surface area (Å²) in [6, 6.07) is 7.15. The highest BCUT2D eigenvalue weighted by Crippen LogP contribution is 2.34. The first-order chi connectivity index (χ1) is 7.28.